The summed E-state index contributed by atoms with van der Waals surface area (Å²) in [5, 5.41) is 0. The molecule has 2 aromatic carbocycles. The van der Waals surface area contributed by atoms with Crippen molar-refractivity contribution in [3.05, 3.63) is 54.1 Å². The second-order valence-corrected chi connectivity index (χ2v) is 6.40. The molecule has 0 atom stereocenters. The minimum Gasteiger partial charge on any atom is -0.435 e. The van der Waals surface area contributed by atoms with E-state index in [0.717, 1.165) is 29.5 Å². The van der Waals surface area contributed by atoms with Crippen LogP contribution in [0.1, 0.15) is 25.3 Å². The monoisotopic (exact) mass is 372 g/mol. The van der Waals surface area contributed by atoms with Crippen LogP contribution in [0.25, 0.3) is 11.1 Å². The molecule has 0 radical (unpaired) electrons. The highest BCUT2D eigenvalue weighted by Crippen LogP contribution is 2.23. The molecule has 0 spiro atoms. The van der Waals surface area contributed by atoms with Crippen LogP contribution in [0, 0.1) is 17.8 Å². The van der Waals surface area contributed by atoms with E-state index in [9.17, 15) is 8.78 Å². The maximum Gasteiger partial charge on any atom is 0.387 e. The van der Waals surface area contributed by atoms with Gasteiger partial charge >= 0.3 is 6.61 Å². The molecule has 3 rings (SSSR count). The highest BCUT2D eigenvalue weighted by molar-refractivity contribution is 5.65. The summed E-state index contributed by atoms with van der Waals surface area (Å²) in [6.45, 7) is 0.721. The maximum absolute atomic E-state index is 12.2. The SMILES string of the molecule is CCC[C@H]1CO[C@H](C#Cc2ccc(-c3ccc(OC(F)F)cc3)cc2)OC1. The zero-order chi connectivity index (χ0) is 19.1. The Balaban J connectivity index is 1.58. The lowest BCUT2D eigenvalue weighted by Gasteiger charge is -2.26. The quantitative estimate of drug-likeness (QED) is 0.684. The molecule has 1 heterocycles. The summed E-state index contributed by atoms with van der Waals surface area (Å²) < 4.78 is 40.0. The molecule has 0 bridgehead atoms. The summed E-state index contributed by atoms with van der Waals surface area (Å²) >= 11 is 0. The van der Waals surface area contributed by atoms with E-state index in [-0.39, 0.29) is 5.75 Å². The van der Waals surface area contributed by atoms with Gasteiger partial charge in [-0.2, -0.15) is 8.78 Å². The lowest BCUT2D eigenvalue weighted by molar-refractivity contribution is -0.170. The normalized spacial score (nSPS) is 19.4. The van der Waals surface area contributed by atoms with Gasteiger partial charge in [0.15, 0.2) is 0 Å². The average molecular weight is 372 g/mol. The highest BCUT2D eigenvalue weighted by atomic mass is 19.3. The van der Waals surface area contributed by atoms with Crippen LogP contribution in [-0.4, -0.2) is 26.1 Å². The molecular formula is C22H22F2O3. The van der Waals surface area contributed by atoms with Crippen LogP contribution in [-0.2, 0) is 9.47 Å². The van der Waals surface area contributed by atoms with Crippen molar-refractivity contribution in [2.75, 3.05) is 13.2 Å². The molecule has 142 valence electrons. The van der Waals surface area contributed by atoms with Gasteiger partial charge in [-0.15, -0.1) is 0 Å². The summed E-state index contributed by atoms with van der Waals surface area (Å²) in [6.07, 6.45) is 1.76. The van der Waals surface area contributed by atoms with Crippen molar-refractivity contribution in [3.8, 4) is 28.7 Å². The fraction of sp³-hybridized carbons (Fsp3) is 0.364. The minimum absolute atomic E-state index is 0.143. The number of benzene rings is 2. The van der Waals surface area contributed by atoms with Crippen molar-refractivity contribution in [1.82, 2.24) is 0 Å². The Labute approximate surface area is 158 Å². The number of ether oxygens (including phenoxy) is 3. The second-order valence-electron chi connectivity index (χ2n) is 6.40. The molecule has 0 aliphatic carbocycles. The first kappa shape index (κ1) is 19.3. The van der Waals surface area contributed by atoms with E-state index in [4.69, 9.17) is 9.47 Å². The lowest BCUT2D eigenvalue weighted by atomic mass is 10.0. The van der Waals surface area contributed by atoms with Gasteiger partial charge in [0.25, 0.3) is 0 Å². The first-order chi connectivity index (χ1) is 13.1. The van der Waals surface area contributed by atoms with Crippen molar-refractivity contribution in [1.29, 1.82) is 0 Å². The van der Waals surface area contributed by atoms with E-state index in [2.05, 4.69) is 23.5 Å². The van der Waals surface area contributed by atoms with Gasteiger partial charge < -0.3 is 14.2 Å². The Morgan fingerprint density at radius 3 is 2.15 bits per heavy atom. The van der Waals surface area contributed by atoms with E-state index >= 15 is 0 Å². The van der Waals surface area contributed by atoms with Gasteiger partial charge in [-0.05, 0) is 47.7 Å². The van der Waals surface area contributed by atoms with Gasteiger partial charge in [-0.3, -0.25) is 0 Å². The lowest BCUT2D eigenvalue weighted by Crippen LogP contribution is -2.31. The van der Waals surface area contributed by atoms with Gasteiger partial charge in [0.2, 0.25) is 6.29 Å². The Morgan fingerprint density at radius 2 is 1.59 bits per heavy atom. The Kier molecular flexibility index (Phi) is 6.80. The van der Waals surface area contributed by atoms with E-state index in [0.29, 0.717) is 19.1 Å². The molecule has 27 heavy (non-hydrogen) atoms. The van der Waals surface area contributed by atoms with Crippen molar-refractivity contribution in [2.45, 2.75) is 32.7 Å². The van der Waals surface area contributed by atoms with E-state index in [1.807, 2.05) is 24.3 Å². The van der Waals surface area contributed by atoms with Crippen molar-refractivity contribution in [2.24, 2.45) is 5.92 Å². The fourth-order valence-electron chi connectivity index (χ4n) is 2.92. The number of halogens is 2. The molecule has 1 aliphatic rings. The number of hydrogen-bond acceptors (Lipinski definition) is 3. The van der Waals surface area contributed by atoms with E-state index in [1.54, 1.807) is 12.1 Å². The van der Waals surface area contributed by atoms with Gasteiger partial charge in [0.1, 0.15) is 5.75 Å². The molecule has 2 aromatic rings. The van der Waals surface area contributed by atoms with Crippen LogP contribution in [0.3, 0.4) is 0 Å². The molecular weight excluding hydrogens is 350 g/mol. The molecule has 0 aromatic heterocycles. The maximum atomic E-state index is 12.2. The van der Waals surface area contributed by atoms with Crippen LogP contribution in [0.4, 0.5) is 8.78 Å². The predicted molar refractivity (Wildman–Crippen MR) is 99.5 cm³/mol. The molecule has 5 heteroatoms. The van der Waals surface area contributed by atoms with Gasteiger partial charge in [-0.25, -0.2) is 0 Å². The Morgan fingerprint density at radius 1 is 1.00 bits per heavy atom. The standard InChI is InChI=1S/C22H22F2O3/c1-2-3-17-14-25-21(26-15-17)13-6-16-4-7-18(8-5-16)19-9-11-20(12-10-19)27-22(23)24/h4-5,7-12,17,21-22H,2-3,14-15H2,1H3/t17-,21-. The van der Waals surface area contributed by atoms with Crippen LogP contribution in [0.5, 0.6) is 5.75 Å². The van der Waals surface area contributed by atoms with Crippen molar-refractivity contribution in [3.63, 3.8) is 0 Å². The van der Waals surface area contributed by atoms with Gasteiger partial charge in [0.05, 0.1) is 13.2 Å². The summed E-state index contributed by atoms with van der Waals surface area (Å²) in [6, 6.07) is 14.2. The highest BCUT2D eigenvalue weighted by Gasteiger charge is 2.19. The van der Waals surface area contributed by atoms with Crippen LogP contribution >= 0.6 is 0 Å². The first-order valence-electron chi connectivity index (χ1n) is 9.04. The van der Waals surface area contributed by atoms with Gasteiger partial charge in [0, 0.05) is 11.5 Å². The fourth-order valence-corrected chi connectivity index (χ4v) is 2.92. The Hall–Kier alpha value is -2.42. The summed E-state index contributed by atoms with van der Waals surface area (Å²) in [5.41, 5.74) is 2.74. The number of hydrogen-bond donors (Lipinski definition) is 0. The van der Waals surface area contributed by atoms with E-state index in [1.165, 1.54) is 12.1 Å². The van der Waals surface area contributed by atoms with E-state index < -0.39 is 12.9 Å². The number of rotatable bonds is 5. The average Bonchev–Trinajstić information content (AvgIpc) is 2.68. The first-order valence-corrected chi connectivity index (χ1v) is 9.04. The van der Waals surface area contributed by atoms with Crippen LogP contribution in [0.15, 0.2) is 48.5 Å². The summed E-state index contributed by atoms with van der Waals surface area (Å²) in [5.74, 6) is 6.68. The molecule has 0 amide bonds. The third kappa shape index (κ3) is 5.78. The zero-order valence-corrected chi connectivity index (χ0v) is 15.2. The predicted octanol–water partition coefficient (Wildman–Crippen LogP) is 5.10. The van der Waals surface area contributed by atoms with Crippen LogP contribution < -0.4 is 4.74 Å². The molecule has 0 saturated carbocycles. The third-order valence-electron chi connectivity index (χ3n) is 4.30. The summed E-state index contributed by atoms with van der Waals surface area (Å²) in [4.78, 5) is 0. The molecule has 1 saturated heterocycles. The number of alkyl halides is 2. The third-order valence-corrected chi connectivity index (χ3v) is 4.30. The second kappa shape index (κ2) is 9.50. The Bertz CT molecular complexity index is 768. The molecule has 0 N–H and O–H groups in total. The smallest absolute Gasteiger partial charge is 0.387 e. The summed E-state index contributed by atoms with van der Waals surface area (Å²) in [7, 11) is 0. The largest absolute Gasteiger partial charge is 0.435 e. The molecule has 1 aliphatic heterocycles. The van der Waals surface area contributed by atoms with Crippen molar-refractivity contribution >= 4 is 0 Å². The minimum atomic E-state index is -2.82. The van der Waals surface area contributed by atoms with Gasteiger partial charge in [-0.1, -0.05) is 43.5 Å². The topological polar surface area (TPSA) is 27.7 Å². The van der Waals surface area contributed by atoms with Crippen molar-refractivity contribution < 1.29 is 23.0 Å². The molecule has 1 fully saturated rings. The van der Waals surface area contributed by atoms with Crippen LogP contribution in [0.2, 0.25) is 0 Å². The zero-order valence-electron chi connectivity index (χ0n) is 15.2. The molecule has 0 unspecified atom stereocenters. The molecule has 3 nitrogen and oxygen atoms in total.